The average molecular weight is 465 g/mol. The van der Waals surface area contributed by atoms with Crippen LogP contribution < -0.4 is 5.32 Å². The summed E-state index contributed by atoms with van der Waals surface area (Å²) in [7, 11) is 0. The number of benzene rings is 3. The number of esters is 1. The Balaban J connectivity index is 1.62. The van der Waals surface area contributed by atoms with Crippen molar-refractivity contribution in [3.05, 3.63) is 106 Å². The minimum Gasteiger partial charge on any atom is -0.460 e. The van der Waals surface area contributed by atoms with Gasteiger partial charge in [0.05, 0.1) is 6.04 Å². The summed E-state index contributed by atoms with van der Waals surface area (Å²) in [6.45, 7) is 0.0811. The standard InChI is InChI=1S/C26H22ClFN2O3/c27-21-12-5-4-9-18(21)13-14-22-23(25(31)33-16-17-7-2-1-3-8-17)24(30-26(32)29-22)19-10-6-11-20(28)15-19/h1-12,15,23-24H,13-14,16H2,(H,30,32). The summed E-state index contributed by atoms with van der Waals surface area (Å²) in [6, 6.07) is 21.1. The number of aryl methyl sites for hydroxylation is 1. The van der Waals surface area contributed by atoms with Gasteiger partial charge in [-0.1, -0.05) is 72.3 Å². The zero-order valence-electron chi connectivity index (χ0n) is 17.7. The highest BCUT2D eigenvalue weighted by Crippen LogP contribution is 2.31. The summed E-state index contributed by atoms with van der Waals surface area (Å²) in [4.78, 5) is 29.8. The number of amides is 2. The molecule has 3 aromatic rings. The summed E-state index contributed by atoms with van der Waals surface area (Å²) in [5.41, 5.74) is 2.57. The fourth-order valence-electron chi connectivity index (χ4n) is 3.88. The van der Waals surface area contributed by atoms with Crippen molar-refractivity contribution in [2.45, 2.75) is 25.5 Å². The van der Waals surface area contributed by atoms with E-state index < -0.39 is 29.8 Å². The Hall–Kier alpha value is -3.51. The summed E-state index contributed by atoms with van der Waals surface area (Å²) in [5, 5.41) is 3.31. The van der Waals surface area contributed by atoms with Crippen molar-refractivity contribution >= 4 is 29.3 Å². The first kappa shape index (κ1) is 22.7. The number of nitrogens with zero attached hydrogens (tertiary/aromatic N) is 1. The average Bonchev–Trinajstić information content (AvgIpc) is 2.82. The molecule has 1 N–H and O–H groups in total. The van der Waals surface area contributed by atoms with Gasteiger partial charge in [0.1, 0.15) is 18.3 Å². The van der Waals surface area contributed by atoms with Crippen LogP contribution >= 0.6 is 11.6 Å². The number of aliphatic imine (C=N–C) groups is 1. The summed E-state index contributed by atoms with van der Waals surface area (Å²) in [5.74, 6) is -1.89. The smallest absolute Gasteiger partial charge is 0.341 e. The first-order valence-corrected chi connectivity index (χ1v) is 11.0. The molecule has 1 heterocycles. The van der Waals surface area contributed by atoms with Crippen LogP contribution in [0.5, 0.6) is 0 Å². The molecule has 0 radical (unpaired) electrons. The second-order valence-electron chi connectivity index (χ2n) is 7.75. The van der Waals surface area contributed by atoms with Crippen molar-refractivity contribution in [1.29, 1.82) is 0 Å². The maximum absolute atomic E-state index is 14.0. The highest BCUT2D eigenvalue weighted by molar-refractivity contribution is 6.31. The van der Waals surface area contributed by atoms with E-state index in [1.807, 2.05) is 48.5 Å². The molecule has 0 bridgehead atoms. The molecule has 0 saturated carbocycles. The molecule has 3 aromatic carbocycles. The van der Waals surface area contributed by atoms with Crippen LogP contribution in [0.15, 0.2) is 83.9 Å². The maximum atomic E-state index is 14.0. The lowest BCUT2D eigenvalue weighted by Gasteiger charge is -2.31. The molecule has 0 fully saturated rings. The molecule has 1 aliphatic heterocycles. The van der Waals surface area contributed by atoms with Gasteiger partial charge in [-0.2, -0.15) is 0 Å². The molecule has 0 aliphatic carbocycles. The number of nitrogens with one attached hydrogen (secondary N) is 1. The molecule has 0 spiro atoms. The lowest BCUT2D eigenvalue weighted by molar-refractivity contribution is -0.148. The normalized spacial score (nSPS) is 17.8. The first-order chi connectivity index (χ1) is 16.0. The van der Waals surface area contributed by atoms with Gasteiger partial charge in [-0.05, 0) is 47.7 Å². The second-order valence-corrected chi connectivity index (χ2v) is 8.15. The van der Waals surface area contributed by atoms with Crippen molar-refractivity contribution in [2.24, 2.45) is 10.9 Å². The Morgan fingerprint density at radius 2 is 1.76 bits per heavy atom. The van der Waals surface area contributed by atoms with Crippen LogP contribution in [-0.2, 0) is 22.6 Å². The predicted octanol–water partition coefficient (Wildman–Crippen LogP) is 5.68. The number of halogens is 2. The number of rotatable bonds is 7. The fraction of sp³-hybridized carbons (Fsp3) is 0.192. The van der Waals surface area contributed by atoms with Crippen LogP contribution in [0.1, 0.15) is 29.2 Å². The van der Waals surface area contributed by atoms with Crippen LogP contribution in [0.3, 0.4) is 0 Å². The Bertz CT molecular complexity index is 1180. The molecule has 1 aliphatic rings. The van der Waals surface area contributed by atoms with Gasteiger partial charge in [-0.3, -0.25) is 4.79 Å². The van der Waals surface area contributed by atoms with E-state index in [1.54, 1.807) is 18.2 Å². The fourth-order valence-corrected chi connectivity index (χ4v) is 4.11. The number of ether oxygens (including phenoxy) is 1. The van der Waals surface area contributed by atoms with Crippen LogP contribution in [0.25, 0.3) is 0 Å². The molecule has 2 atom stereocenters. The van der Waals surface area contributed by atoms with Crippen LogP contribution in [0.4, 0.5) is 9.18 Å². The molecule has 4 rings (SSSR count). The lowest BCUT2D eigenvalue weighted by Crippen LogP contribution is -2.45. The maximum Gasteiger partial charge on any atom is 0.341 e. The topological polar surface area (TPSA) is 67.8 Å². The largest absolute Gasteiger partial charge is 0.460 e. The summed E-state index contributed by atoms with van der Waals surface area (Å²) in [6.07, 6.45) is 0.818. The van der Waals surface area contributed by atoms with E-state index >= 15 is 0 Å². The molecule has 0 aromatic heterocycles. The van der Waals surface area contributed by atoms with Crippen molar-refractivity contribution < 1.29 is 18.7 Å². The molecule has 2 unspecified atom stereocenters. The summed E-state index contributed by atoms with van der Waals surface area (Å²) < 4.78 is 19.6. The van der Waals surface area contributed by atoms with Gasteiger partial charge >= 0.3 is 12.0 Å². The Labute approximate surface area is 196 Å². The van der Waals surface area contributed by atoms with Crippen molar-refractivity contribution in [3.8, 4) is 0 Å². The van der Waals surface area contributed by atoms with Gasteiger partial charge in [0, 0.05) is 10.7 Å². The van der Waals surface area contributed by atoms with E-state index in [4.69, 9.17) is 16.3 Å². The Morgan fingerprint density at radius 1 is 1.00 bits per heavy atom. The number of hydrogen-bond acceptors (Lipinski definition) is 3. The number of hydrogen-bond donors (Lipinski definition) is 1. The zero-order chi connectivity index (χ0) is 23.2. The second kappa shape index (κ2) is 10.4. The molecule has 5 nitrogen and oxygen atoms in total. The monoisotopic (exact) mass is 464 g/mol. The van der Waals surface area contributed by atoms with Crippen molar-refractivity contribution in [3.63, 3.8) is 0 Å². The van der Waals surface area contributed by atoms with E-state index in [0.29, 0.717) is 29.1 Å². The van der Waals surface area contributed by atoms with Crippen molar-refractivity contribution in [1.82, 2.24) is 5.32 Å². The third-order valence-corrected chi connectivity index (χ3v) is 5.88. The van der Waals surface area contributed by atoms with Gasteiger partial charge < -0.3 is 10.1 Å². The minimum atomic E-state index is -0.893. The SMILES string of the molecule is O=C1N=C(CCc2ccccc2Cl)C(C(=O)OCc2ccccc2)C(c2cccc(F)c2)N1. The van der Waals surface area contributed by atoms with Crippen LogP contribution in [-0.4, -0.2) is 17.7 Å². The van der Waals surface area contributed by atoms with Gasteiger partial charge in [0.2, 0.25) is 0 Å². The third kappa shape index (κ3) is 5.65. The lowest BCUT2D eigenvalue weighted by atomic mass is 9.85. The van der Waals surface area contributed by atoms with E-state index in [0.717, 1.165) is 11.1 Å². The Morgan fingerprint density at radius 3 is 2.52 bits per heavy atom. The molecule has 168 valence electrons. The van der Waals surface area contributed by atoms with Gasteiger partial charge in [-0.25, -0.2) is 14.2 Å². The number of urea groups is 1. The predicted molar refractivity (Wildman–Crippen MR) is 125 cm³/mol. The van der Waals surface area contributed by atoms with E-state index in [2.05, 4.69) is 10.3 Å². The molecule has 33 heavy (non-hydrogen) atoms. The number of carbonyl (C=O) groups excluding carboxylic acids is 2. The highest BCUT2D eigenvalue weighted by atomic mass is 35.5. The highest BCUT2D eigenvalue weighted by Gasteiger charge is 2.39. The van der Waals surface area contributed by atoms with Gasteiger partial charge in [0.15, 0.2) is 0 Å². The minimum absolute atomic E-state index is 0.0811. The number of carbonyl (C=O) groups is 2. The van der Waals surface area contributed by atoms with E-state index in [1.165, 1.54) is 12.1 Å². The van der Waals surface area contributed by atoms with Crippen molar-refractivity contribution in [2.75, 3.05) is 0 Å². The van der Waals surface area contributed by atoms with Gasteiger partial charge in [-0.15, -0.1) is 0 Å². The zero-order valence-corrected chi connectivity index (χ0v) is 18.5. The van der Waals surface area contributed by atoms with E-state index in [-0.39, 0.29) is 6.61 Å². The molecular weight excluding hydrogens is 443 g/mol. The van der Waals surface area contributed by atoms with Crippen LogP contribution in [0.2, 0.25) is 5.02 Å². The van der Waals surface area contributed by atoms with Crippen LogP contribution in [0, 0.1) is 11.7 Å². The molecule has 7 heteroatoms. The molecular formula is C26H22ClFN2O3. The molecule has 0 saturated heterocycles. The quantitative estimate of drug-likeness (QED) is 0.457. The van der Waals surface area contributed by atoms with E-state index in [9.17, 15) is 14.0 Å². The Kier molecular flexibility index (Phi) is 7.15. The first-order valence-electron chi connectivity index (χ1n) is 10.6. The third-order valence-electron chi connectivity index (χ3n) is 5.51. The summed E-state index contributed by atoms with van der Waals surface area (Å²) >= 11 is 6.28. The van der Waals surface area contributed by atoms with Gasteiger partial charge in [0.25, 0.3) is 0 Å². The molecule has 2 amide bonds.